The van der Waals surface area contributed by atoms with E-state index in [9.17, 15) is 18.0 Å². The lowest BCUT2D eigenvalue weighted by molar-refractivity contribution is -0.138. The Balaban J connectivity index is 1.82. The molecule has 7 heteroatoms. The third kappa shape index (κ3) is 5.92. The summed E-state index contributed by atoms with van der Waals surface area (Å²) in [6.45, 7) is 7.33. The number of amides is 1. The maximum Gasteiger partial charge on any atom is 0.416 e. The smallest absolute Gasteiger partial charge is 0.416 e. The van der Waals surface area contributed by atoms with E-state index in [0.717, 1.165) is 12.5 Å². The molecule has 1 saturated heterocycles. The molecule has 1 unspecified atom stereocenters. The normalized spacial score (nSPS) is 18.5. The van der Waals surface area contributed by atoms with Gasteiger partial charge in [-0.2, -0.15) is 13.2 Å². The Kier molecular flexibility index (Phi) is 5.98. The first-order chi connectivity index (χ1) is 11.6. The second kappa shape index (κ2) is 7.64. The van der Waals surface area contributed by atoms with Crippen LogP contribution in [-0.2, 0) is 17.5 Å². The largest absolute Gasteiger partial charge is 0.444 e. The highest BCUT2D eigenvalue weighted by Gasteiger charge is 2.33. The van der Waals surface area contributed by atoms with E-state index in [2.05, 4.69) is 5.32 Å². The fourth-order valence-corrected chi connectivity index (χ4v) is 2.85. The molecule has 25 heavy (non-hydrogen) atoms. The van der Waals surface area contributed by atoms with Crippen LogP contribution in [0.15, 0.2) is 24.3 Å². The summed E-state index contributed by atoms with van der Waals surface area (Å²) in [5.74, 6) is 0.213. The molecule has 1 aromatic rings. The molecule has 0 aliphatic carbocycles. The van der Waals surface area contributed by atoms with Crippen LogP contribution in [0.1, 0.15) is 38.3 Å². The molecule has 1 amide bonds. The highest BCUT2D eigenvalue weighted by Crippen LogP contribution is 2.31. The molecule has 0 bridgehead atoms. The summed E-state index contributed by atoms with van der Waals surface area (Å²) < 4.78 is 44.2. The molecule has 1 fully saturated rings. The van der Waals surface area contributed by atoms with Crippen molar-refractivity contribution in [1.82, 2.24) is 10.2 Å². The number of carbonyl (C=O) groups is 1. The summed E-state index contributed by atoms with van der Waals surface area (Å²) in [4.78, 5) is 13.7. The number of hydrogen-bond acceptors (Lipinski definition) is 3. The molecule has 0 radical (unpaired) electrons. The zero-order valence-electron chi connectivity index (χ0n) is 14.8. The quantitative estimate of drug-likeness (QED) is 0.883. The molecular weight excluding hydrogens is 333 g/mol. The van der Waals surface area contributed by atoms with Gasteiger partial charge in [0.1, 0.15) is 5.60 Å². The summed E-state index contributed by atoms with van der Waals surface area (Å²) in [6.07, 6.45) is -3.87. The lowest BCUT2D eigenvalue weighted by Crippen LogP contribution is -2.36. The summed E-state index contributed by atoms with van der Waals surface area (Å²) in [6, 6.07) is 5.57. The van der Waals surface area contributed by atoms with Crippen LogP contribution in [0.4, 0.5) is 18.0 Å². The zero-order valence-corrected chi connectivity index (χ0v) is 14.8. The van der Waals surface area contributed by atoms with E-state index in [1.807, 2.05) is 20.8 Å². The number of halogens is 3. The van der Waals surface area contributed by atoms with Gasteiger partial charge >= 0.3 is 12.3 Å². The van der Waals surface area contributed by atoms with Crippen LogP contribution < -0.4 is 5.32 Å². The molecule has 0 spiro atoms. The predicted octanol–water partition coefficient (Wildman–Crippen LogP) is 4.05. The van der Waals surface area contributed by atoms with Crippen LogP contribution in [0, 0.1) is 5.92 Å². The maximum absolute atomic E-state index is 13.0. The van der Waals surface area contributed by atoms with E-state index in [-0.39, 0.29) is 24.1 Å². The third-order valence-corrected chi connectivity index (χ3v) is 4.01. The average molecular weight is 358 g/mol. The molecule has 4 nitrogen and oxygen atoms in total. The van der Waals surface area contributed by atoms with Gasteiger partial charge in [0, 0.05) is 26.2 Å². The highest BCUT2D eigenvalue weighted by atomic mass is 19.4. The van der Waals surface area contributed by atoms with Crippen LogP contribution in [-0.4, -0.2) is 36.2 Å². The number of nitrogens with zero attached hydrogens (tertiary/aromatic N) is 1. The fourth-order valence-electron chi connectivity index (χ4n) is 2.85. The zero-order chi connectivity index (χ0) is 18.7. The number of nitrogens with one attached hydrogen (secondary N) is 1. The standard InChI is InChI=1S/C18H25F3N2O2/c1-17(2,3)25-16(24)23-9-8-13(12-23)10-22-11-14-6-4-5-7-15(14)18(19,20)21/h4-7,13,22H,8-12H2,1-3H3. The van der Waals surface area contributed by atoms with Crippen molar-refractivity contribution < 1.29 is 22.7 Å². The van der Waals surface area contributed by atoms with Gasteiger partial charge in [0.05, 0.1) is 5.56 Å². The Morgan fingerprint density at radius 1 is 1.28 bits per heavy atom. The number of benzene rings is 1. The molecule has 1 N–H and O–H groups in total. The second-order valence-corrected chi connectivity index (χ2v) is 7.37. The first-order valence-electron chi connectivity index (χ1n) is 8.40. The van der Waals surface area contributed by atoms with Crippen molar-refractivity contribution in [2.24, 2.45) is 5.92 Å². The number of carbonyl (C=O) groups excluding carboxylic acids is 1. The van der Waals surface area contributed by atoms with Gasteiger partial charge < -0.3 is 15.0 Å². The van der Waals surface area contributed by atoms with Crippen molar-refractivity contribution >= 4 is 6.09 Å². The Morgan fingerprint density at radius 2 is 1.96 bits per heavy atom. The number of likely N-dealkylation sites (tertiary alicyclic amines) is 1. The van der Waals surface area contributed by atoms with Crippen LogP contribution in [0.25, 0.3) is 0 Å². The van der Waals surface area contributed by atoms with Gasteiger partial charge in [0.25, 0.3) is 0 Å². The van der Waals surface area contributed by atoms with E-state index in [1.54, 1.807) is 11.0 Å². The van der Waals surface area contributed by atoms with Crippen molar-refractivity contribution in [2.75, 3.05) is 19.6 Å². The van der Waals surface area contributed by atoms with Crippen LogP contribution >= 0.6 is 0 Å². The lowest BCUT2D eigenvalue weighted by atomic mass is 10.1. The van der Waals surface area contributed by atoms with Crippen molar-refractivity contribution in [1.29, 1.82) is 0 Å². The molecule has 1 aliphatic rings. The molecular formula is C18H25F3N2O2. The summed E-state index contributed by atoms with van der Waals surface area (Å²) in [7, 11) is 0. The minimum absolute atomic E-state index is 0.151. The minimum atomic E-state index is -4.35. The SMILES string of the molecule is CC(C)(C)OC(=O)N1CCC(CNCc2ccccc2C(F)(F)F)C1. The van der Waals surface area contributed by atoms with E-state index in [0.29, 0.717) is 19.6 Å². The monoisotopic (exact) mass is 358 g/mol. The van der Waals surface area contributed by atoms with Gasteiger partial charge in [0.15, 0.2) is 0 Å². The van der Waals surface area contributed by atoms with Gasteiger partial charge in [-0.1, -0.05) is 18.2 Å². The second-order valence-electron chi connectivity index (χ2n) is 7.37. The Bertz CT molecular complexity index is 597. The summed E-state index contributed by atoms with van der Waals surface area (Å²) in [5, 5.41) is 3.09. The van der Waals surface area contributed by atoms with Gasteiger partial charge in [-0.05, 0) is 44.7 Å². The molecule has 1 aliphatic heterocycles. The fraction of sp³-hybridized carbons (Fsp3) is 0.611. The first kappa shape index (κ1) is 19.6. The molecule has 0 saturated carbocycles. The van der Waals surface area contributed by atoms with E-state index >= 15 is 0 Å². The number of rotatable bonds is 4. The number of hydrogen-bond donors (Lipinski definition) is 1. The molecule has 1 aromatic carbocycles. The maximum atomic E-state index is 13.0. The van der Waals surface area contributed by atoms with Gasteiger partial charge in [-0.3, -0.25) is 0 Å². The summed E-state index contributed by atoms with van der Waals surface area (Å²) in [5.41, 5.74) is -0.907. The number of ether oxygens (including phenoxy) is 1. The Labute approximate surface area is 146 Å². The molecule has 2 rings (SSSR count). The van der Waals surface area contributed by atoms with Gasteiger partial charge in [-0.15, -0.1) is 0 Å². The first-order valence-corrected chi connectivity index (χ1v) is 8.40. The predicted molar refractivity (Wildman–Crippen MR) is 89.1 cm³/mol. The molecule has 140 valence electrons. The van der Waals surface area contributed by atoms with E-state index in [1.165, 1.54) is 12.1 Å². The van der Waals surface area contributed by atoms with Crippen molar-refractivity contribution in [2.45, 2.75) is 45.5 Å². The topological polar surface area (TPSA) is 41.6 Å². The lowest BCUT2D eigenvalue weighted by Gasteiger charge is -2.24. The number of alkyl halides is 3. The molecule has 1 atom stereocenters. The van der Waals surface area contributed by atoms with Crippen LogP contribution in [0.3, 0.4) is 0 Å². The molecule has 0 aromatic heterocycles. The van der Waals surface area contributed by atoms with Gasteiger partial charge in [0.2, 0.25) is 0 Å². The van der Waals surface area contributed by atoms with Crippen LogP contribution in [0.5, 0.6) is 0 Å². The van der Waals surface area contributed by atoms with Gasteiger partial charge in [-0.25, -0.2) is 4.79 Å². The van der Waals surface area contributed by atoms with Crippen molar-refractivity contribution in [3.63, 3.8) is 0 Å². The highest BCUT2D eigenvalue weighted by molar-refractivity contribution is 5.68. The molecule has 1 heterocycles. The Hall–Kier alpha value is -1.76. The average Bonchev–Trinajstić information content (AvgIpc) is 2.94. The summed E-state index contributed by atoms with van der Waals surface area (Å²) >= 11 is 0. The van der Waals surface area contributed by atoms with E-state index in [4.69, 9.17) is 4.74 Å². The minimum Gasteiger partial charge on any atom is -0.444 e. The van der Waals surface area contributed by atoms with Crippen molar-refractivity contribution in [3.8, 4) is 0 Å². The van der Waals surface area contributed by atoms with Crippen LogP contribution in [0.2, 0.25) is 0 Å². The van der Waals surface area contributed by atoms with Crippen molar-refractivity contribution in [3.05, 3.63) is 35.4 Å². The Morgan fingerprint density at radius 3 is 2.60 bits per heavy atom. The van der Waals surface area contributed by atoms with E-state index < -0.39 is 17.3 Å². The third-order valence-electron chi connectivity index (χ3n) is 4.01.